The number of aromatic nitrogens is 3. The Hall–Kier alpha value is -3.48. The molecule has 1 heterocycles. The van der Waals surface area contributed by atoms with Crippen LogP contribution in [0.2, 0.25) is 0 Å². The average Bonchev–Trinajstić information content (AvgIpc) is 3.11. The van der Waals surface area contributed by atoms with Crippen LogP contribution in [-0.2, 0) is 4.74 Å². The van der Waals surface area contributed by atoms with E-state index in [0.717, 1.165) is 0 Å². The van der Waals surface area contributed by atoms with Crippen molar-refractivity contribution in [2.45, 2.75) is 0 Å². The Kier molecular flexibility index (Phi) is 4.07. The third-order valence-electron chi connectivity index (χ3n) is 3.41. The number of carbonyl (C=O) groups is 2. The number of aromatic hydroxyl groups is 1. The van der Waals surface area contributed by atoms with Crippen LogP contribution in [0.3, 0.4) is 0 Å². The Labute approximate surface area is 137 Å². The number of hydrogen-bond acceptors (Lipinski definition) is 6. The highest BCUT2D eigenvalue weighted by Crippen LogP contribution is 2.22. The Balaban J connectivity index is 1.90. The zero-order valence-corrected chi connectivity index (χ0v) is 12.7. The fourth-order valence-corrected chi connectivity index (χ4v) is 2.18. The molecule has 0 bridgehead atoms. The molecular formula is C17H13N3O4. The molecule has 0 atom stereocenters. The van der Waals surface area contributed by atoms with Gasteiger partial charge in [-0.15, -0.1) is 5.10 Å². The van der Waals surface area contributed by atoms with Crippen molar-refractivity contribution in [3.05, 3.63) is 71.5 Å². The number of nitrogens with zero attached hydrogens (tertiary/aromatic N) is 3. The van der Waals surface area contributed by atoms with Gasteiger partial charge in [-0.05, 0) is 12.1 Å². The molecule has 1 aromatic heterocycles. The Morgan fingerprint density at radius 2 is 1.88 bits per heavy atom. The molecule has 2 aromatic carbocycles. The molecule has 1 N–H and O–H groups in total. The minimum atomic E-state index is -0.641. The lowest BCUT2D eigenvalue weighted by molar-refractivity contribution is 0.0597. The molecule has 7 heteroatoms. The Morgan fingerprint density at radius 1 is 1.12 bits per heavy atom. The van der Waals surface area contributed by atoms with Gasteiger partial charge in [0.05, 0.1) is 19.0 Å². The van der Waals surface area contributed by atoms with E-state index in [1.54, 1.807) is 30.3 Å². The van der Waals surface area contributed by atoms with Crippen LogP contribution < -0.4 is 0 Å². The molecule has 0 spiro atoms. The maximum Gasteiger partial charge on any atom is 0.341 e. The van der Waals surface area contributed by atoms with Crippen LogP contribution in [0.15, 0.2) is 54.7 Å². The summed E-state index contributed by atoms with van der Waals surface area (Å²) in [6.07, 6.45) is 1.46. The van der Waals surface area contributed by atoms with Crippen LogP contribution in [0.1, 0.15) is 26.4 Å². The standard InChI is InChI=1S/C17H13N3O4/c1-24-17(23)13-8-7-12(9-15(13)21)20-10-14(18-19-20)16(22)11-5-3-2-4-6-11/h2-10,21H,1H3. The lowest BCUT2D eigenvalue weighted by Gasteiger charge is -2.05. The lowest BCUT2D eigenvalue weighted by Crippen LogP contribution is -2.03. The van der Waals surface area contributed by atoms with Crippen molar-refractivity contribution in [1.29, 1.82) is 0 Å². The second kappa shape index (κ2) is 6.33. The predicted octanol–water partition coefficient (Wildman–Crippen LogP) is 1.99. The van der Waals surface area contributed by atoms with Gasteiger partial charge < -0.3 is 9.84 Å². The molecule has 7 nitrogen and oxygen atoms in total. The van der Waals surface area contributed by atoms with Gasteiger partial charge in [-0.25, -0.2) is 9.48 Å². The van der Waals surface area contributed by atoms with Crippen molar-refractivity contribution >= 4 is 11.8 Å². The lowest BCUT2D eigenvalue weighted by atomic mass is 10.1. The van der Waals surface area contributed by atoms with E-state index in [4.69, 9.17) is 0 Å². The molecule has 120 valence electrons. The summed E-state index contributed by atoms with van der Waals surface area (Å²) in [7, 11) is 1.23. The molecule has 0 radical (unpaired) electrons. The molecule has 0 unspecified atom stereocenters. The third kappa shape index (κ3) is 2.87. The Morgan fingerprint density at radius 3 is 2.54 bits per heavy atom. The molecule has 3 rings (SSSR count). The Bertz CT molecular complexity index is 903. The fraction of sp³-hybridized carbons (Fsp3) is 0.0588. The molecule has 0 saturated heterocycles. The molecule has 3 aromatic rings. The van der Waals surface area contributed by atoms with Crippen molar-refractivity contribution in [1.82, 2.24) is 15.0 Å². The minimum Gasteiger partial charge on any atom is -0.507 e. The van der Waals surface area contributed by atoms with E-state index in [9.17, 15) is 14.7 Å². The van der Waals surface area contributed by atoms with Crippen molar-refractivity contribution in [3.63, 3.8) is 0 Å². The summed E-state index contributed by atoms with van der Waals surface area (Å²) < 4.78 is 5.91. The number of benzene rings is 2. The first-order chi connectivity index (χ1) is 11.6. The van der Waals surface area contributed by atoms with Gasteiger partial charge in [-0.3, -0.25) is 4.79 Å². The number of hydrogen-bond donors (Lipinski definition) is 1. The number of phenols is 1. The first-order valence-corrected chi connectivity index (χ1v) is 7.04. The van der Waals surface area contributed by atoms with E-state index >= 15 is 0 Å². The quantitative estimate of drug-likeness (QED) is 0.583. The highest BCUT2D eigenvalue weighted by molar-refractivity contribution is 6.07. The number of phenolic OH excluding ortho intramolecular Hbond substituents is 1. The average molecular weight is 323 g/mol. The van der Waals surface area contributed by atoms with Gasteiger partial charge in [0.15, 0.2) is 5.69 Å². The summed E-state index contributed by atoms with van der Waals surface area (Å²) in [5.41, 5.74) is 1.19. The van der Waals surface area contributed by atoms with Gasteiger partial charge in [-0.1, -0.05) is 35.5 Å². The smallest absolute Gasteiger partial charge is 0.341 e. The van der Waals surface area contributed by atoms with Crippen molar-refractivity contribution in [3.8, 4) is 11.4 Å². The second-order valence-electron chi connectivity index (χ2n) is 4.94. The van der Waals surface area contributed by atoms with Crippen LogP contribution in [-0.4, -0.2) is 39.0 Å². The number of carbonyl (C=O) groups excluding carboxylic acids is 2. The molecule has 0 fully saturated rings. The zero-order valence-electron chi connectivity index (χ0n) is 12.7. The summed E-state index contributed by atoms with van der Waals surface area (Å²) in [5, 5.41) is 17.7. The number of ether oxygens (including phenoxy) is 1. The second-order valence-corrected chi connectivity index (χ2v) is 4.94. The highest BCUT2D eigenvalue weighted by atomic mass is 16.5. The monoisotopic (exact) mass is 323 g/mol. The largest absolute Gasteiger partial charge is 0.507 e. The molecule has 24 heavy (non-hydrogen) atoms. The highest BCUT2D eigenvalue weighted by Gasteiger charge is 2.16. The first-order valence-electron chi connectivity index (χ1n) is 7.04. The molecule has 0 aliphatic rings. The maximum atomic E-state index is 12.3. The van der Waals surface area contributed by atoms with Gasteiger partial charge in [0, 0.05) is 11.6 Å². The van der Waals surface area contributed by atoms with E-state index < -0.39 is 5.97 Å². The van der Waals surface area contributed by atoms with Crippen LogP contribution in [0.4, 0.5) is 0 Å². The van der Waals surface area contributed by atoms with Crippen molar-refractivity contribution in [2.75, 3.05) is 7.11 Å². The predicted molar refractivity (Wildman–Crippen MR) is 84.2 cm³/mol. The normalized spacial score (nSPS) is 10.4. The van der Waals surface area contributed by atoms with E-state index in [-0.39, 0.29) is 22.8 Å². The van der Waals surface area contributed by atoms with E-state index in [1.807, 2.05) is 6.07 Å². The summed E-state index contributed by atoms with van der Waals surface area (Å²) in [4.78, 5) is 23.8. The van der Waals surface area contributed by atoms with E-state index in [2.05, 4.69) is 15.0 Å². The van der Waals surface area contributed by atoms with Crippen LogP contribution >= 0.6 is 0 Å². The summed E-state index contributed by atoms with van der Waals surface area (Å²) in [5.74, 6) is -1.14. The minimum absolute atomic E-state index is 0.0435. The molecule has 0 aliphatic heterocycles. The van der Waals surface area contributed by atoms with E-state index in [0.29, 0.717) is 11.3 Å². The fourth-order valence-electron chi connectivity index (χ4n) is 2.18. The number of methoxy groups -OCH3 is 1. The van der Waals surface area contributed by atoms with Crippen LogP contribution in [0, 0.1) is 0 Å². The summed E-state index contributed by atoms with van der Waals surface area (Å²) in [6.45, 7) is 0. The van der Waals surface area contributed by atoms with Gasteiger partial charge >= 0.3 is 5.97 Å². The van der Waals surface area contributed by atoms with Gasteiger partial charge in [0.25, 0.3) is 0 Å². The van der Waals surface area contributed by atoms with Gasteiger partial charge in [0.1, 0.15) is 11.3 Å². The topological polar surface area (TPSA) is 94.3 Å². The van der Waals surface area contributed by atoms with E-state index in [1.165, 1.54) is 30.1 Å². The molecule has 0 aliphatic carbocycles. The SMILES string of the molecule is COC(=O)c1ccc(-n2cc(C(=O)c3ccccc3)nn2)cc1O. The molecular weight excluding hydrogens is 310 g/mol. The van der Waals surface area contributed by atoms with Gasteiger partial charge in [0.2, 0.25) is 5.78 Å². The number of esters is 1. The summed E-state index contributed by atoms with van der Waals surface area (Å²) >= 11 is 0. The van der Waals surface area contributed by atoms with Crippen LogP contribution in [0.25, 0.3) is 5.69 Å². The zero-order chi connectivity index (χ0) is 17.1. The number of rotatable bonds is 4. The van der Waals surface area contributed by atoms with Gasteiger partial charge in [-0.2, -0.15) is 0 Å². The van der Waals surface area contributed by atoms with Crippen molar-refractivity contribution in [2.24, 2.45) is 0 Å². The first kappa shape index (κ1) is 15.4. The maximum absolute atomic E-state index is 12.3. The molecule has 0 saturated carbocycles. The molecule has 0 amide bonds. The third-order valence-corrected chi connectivity index (χ3v) is 3.41. The van der Waals surface area contributed by atoms with Crippen LogP contribution in [0.5, 0.6) is 5.75 Å². The summed E-state index contributed by atoms with van der Waals surface area (Å²) in [6, 6.07) is 13.1. The number of ketones is 1. The van der Waals surface area contributed by atoms with Crippen molar-refractivity contribution < 1.29 is 19.4 Å².